The van der Waals surface area contributed by atoms with Gasteiger partial charge in [0, 0.05) is 11.8 Å². The number of hydrogen-bond acceptors (Lipinski definition) is 3. The van der Waals surface area contributed by atoms with E-state index in [0.717, 1.165) is 24.1 Å². The molecule has 1 aliphatic rings. The van der Waals surface area contributed by atoms with Crippen LogP contribution in [0.2, 0.25) is 0 Å². The van der Waals surface area contributed by atoms with Crippen LogP contribution < -0.4 is 10.7 Å². The molecule has 0 radical (unpaired) electrons. The molecule has 0 saturated heterocycles. The van der Waals surface area contributed by atoms with Gasteiger partial charge in [0.05, 0.1) is 11.7 Å². The molecule has 0 spiro atoms. The number of nitrogens with zero attached hydrogens (tertiary/aromatic N) is 2. The lowest BCUT2D eigenvalue weighted by molar-refractivity contribution is 0.0923. The van der Waals surface area contributed by atoms with E-state index in [9.17, 15) is 9.59 Å². The predicted molar refractivity (Wildman–Crippen MR) is 104 cm³/mol. The monoisotopic (exact) mass is 359 g/mol. The SMILES string of the molecule is Cc1cc(=O)c(C(=O)N[C@H](c2ccccc2)C2CC2)nn1-c1ccccc1. The van der Waals surface area contributed by atoms with Gasteiger partial charge in [0.1, 0.15) is 0 Å². The minimum Gasteiger partial charge on any atom is -0.343 e. The minimum absolute atomic E-state index is 0.0777. The molecule has 4 rings (SSSR count). The summed E-state index contributed by atoms with van der Waals surface area (Å²) in [6.07, 6.45) is 2.16. The summed E-state index contributed by atoms with van der Waals surface area (Å²) in [4.78, 5) is 25.3. The zero-order valence-electron chi connectivity index (χ0n) is 15.1. The van der Waals surface area contributed by atoms with Crippen molar-refractivity contribution in [2.24, 2.45) is 5.92 Å². The van der Waals surface area contributed by atoms with Crippen LogP contribution in [0, 0.1) is 12.8 Å². The Morgan fingerprint density at radius 1 is 1.07 bits per heavy atom. The number of carbonyl (C=O) groups is 1. The van der Waals surface area contributed by atoms with Crippen molar-refractivity contribution in [3.63, 3.8) is 0 Å². The van der Waals surface area contributed by atoms with Gasteiger partial charge in [0.2, 0.25) is 5.43 Å². The first-order valence-corrected chi connectivity index (χ1v) is 9.15. The summed E-state index contributed by atoms with van der Waals surface area (Å²) in [6.45, 7) is 1.81. The largest absolute Gasteiger partial charge is 0.343 e. The molecule has 1 saturated carbocycles. The van der Waals surface area contributed by atoms with E-state index < -0.39 is 5.91 Å². The number of hydrogen-bond donors (Lipinski definition) is 1. The number of aryl methyl sites for hydroxylation is 1. The summed E-state index contributed by atoms with van der Waals surface area (Å²) in [7, 11) is 0. The number of carbonyl (C=O) groups excluding carboxylic acids is 1. The Bertz CT molecular complexity index is 1010. The number of aromatic nitrogens is 2. The van der Waals surface area contributed by atoms with E-state index in [2.05, 4.69) is 10.4 Å². The summed E-state index contributed by atoms with van der Waals surface area (Å²) in [6, 6.07) is 20.8. The zero-order chi connectivity index (χ0) is 18.8. The van der Waals surface area contributed by atoms with E-state index in [0.29, 0.717) is 11.6 Å². The Hall–Kier alpha value is -3.21. The van der Waals surface area contributed by atoms with Crippen molar-refractivity contribution in [1.82, 2.24) is 15.1 Å². The highest BCUT2D eigenvalue weighted by molar-refractivity contribution is 5.92. The third-order valence-corrected chi connectivity index (χ3v) is 4.86. The molecule has 0 bridgehead atoms. The van der Waals surface area contributed by atoms with Crippen molar-refractivity contribution in [3.05, 3.63) is 93.9 Å². The molecule has 0 aliphatic heterocycles. The number of amides is 1. The smallest absolute Gasteiger partial charge is 0.276 e. The van der Waals surface area contributed by atoms with Gasteiger partial charge in [-0.25, -0.2) is 4.68 Å². The average Bonchev–Trinajstić information content (AvgIpc) is 3.52. The predicted octanol–water partition coefficient (Wildman–Crippen LogP) is 3.42. The summed E-state index contributed by atoms with van der Waals surface area (Å²) in [5, 5.41) is 7.40. The van der Waals surface area contributed by atoms with Gasteiger partial charge in [-0.3, -0.25) is 9.59 Å². The number of para-hydroxylation sites is 1. The lowest BCUT2D eigenvalue weighted by Crippen LogP contribution is -2.35. The highest BCUT2D eigenvalue weighted by Gasteiger charge is 2.34. The maximum atomic E-state index is 12.9. The Morgan fingerprint density at radius 3 is 2.33 bits per heavy atom. The van der Waals surface area contributed by atoms with Crippen LogP contribution in [0.3, 0.4) is 0 Å². The second-order valence-corrected chi connectivity index (χ2v) is 6.95. The molecule has 2 aromatic carbocycles. The van der Waals surface area contributed by atoms with Gasteiger partial charge in [-0.1, -0.05) is 48.5 Å². The average molecular weight is 359 g/mol. The van der Waals surface area contributed by atoms with Crippen molar-refractivity contribution >= 4 is 5.91 Å². The van der Waals surface area contributed by atoms with Gasteiger partial charge in [-0.2, -0.15) is 5.10 Å². The summed E-state index contributed by atoms with van der Waals surface area (Å²) >= 11 is 0. The van der Waals surface area contributed by atoms with Crippen LogP contribution in [-0.4, -0.2) is 15.7 Å². The Balaban J connectivity index is 1.66. The van der Waals surface area contributed by atoms with E-state index in [-0.39, 0.29) is 17.2 Å². The van der Waals surface area contributed by atoms with Gasteiger partial charge in [-0.05, 0) is 43.4 Å². The van der Waals surface area contributed by atoms with Crippen LogP contribution in [0.4, 0.5) is 0 Å². The van der Waals surface area contributed by atoms with Crippen LogP contribution in [0.5, 0.6) is 0 Å². The number of benzene rings is 2. The second kappa shape index (κ2) is 7.19. The molecular weight excluding hydrogens is 338 g/mol. The normalized spacial score (nSPS) is 14.6. The van der Waals surface area contributed by atoms with Crippen molar-refractivity contribution in [1.29, 1.82) is 0 Å². The molecule has 136 valence electrons. The number of nitrogens with one attached hydrogen (secondary N) is 1. The highest BCUT2D eigenvalue weighted by Crippen LogP contribution is 2.41. The van der Waals surface area contributed by atoms with Crippen molar-refractivity contribution in [2.75, 3.05) is 0 Å². The Morgan fingerprint density at radius 2 is 1.70 bits per heavy atom. The standard InChI is InChI=1S/C22H21N3O2/c1-15-14-19(26)21(24-25(15)18-10-6-3-7-11-18)22(27)23-20(17-12-13-17)16-8-4-2-5-9-16/h2-11,14,17,20H,12-13H2,1H3,(H,23,27)/t20-/m1/s1. The van der Waals surface area contributed by atoms with Gasteiger partial charge in [0.15, 0.2) is 5.69 Å². The van der Waals surface area contributed by atoms with E-state index in [1.807, 2.05) is 60.7 Å². The van der Waals surface area contributed by atoms with E-state index in [4.69, 9.17) is 0 Å². The van der Waals surface area contributed by atoms with E-state index in [1.165, 1.54) is 6.07 Å². The van der Waals surface area contributed by atoms with Gasteiger partial charge in [-0.15, -0.1) is 0 Å². The first kappa shape index (κ1) is 17.2. The fourth-order valence-electron chi connectivity index (χ4n) is 3.31. The maximum Gasteiger partial charge on any atom is 0.276 e. The molecule has 1 N–H and O–H groups in total. The van der Waals surface area contributed by atoms with Gasteiger partial charge in [0.25, 0.3) is 5.91 Å². The van der Waals surface area contributed by atoms with Gasteiger partial charge >= 0.3 is 0 Å². The topological polar surface area (TPSA) is 64.0 Å². The quantitative estimate of drug-likeness (QED) is 0.759. The second-order valence-electron chi connectivity index (χ2n) is 6.95. The van der Waals surface area contributed by atoms with Crippen LogP contribution in [0.25, 0.3) is 5.69 Å². The molecule has 1 atom stereocenters. The summed E-state index contributed by atoms with van der Waals surface area (Å²) in [5.41, 5.74) is 2.12. The van der Waals surface area contributed by atoms with Crippen molar-refractivity contribution in [2.45, 2.75) is 25.8 Å². The first-order valence-electron chi connectivity index (χ1n) is 9.15. The molecule has 1 aliphatic carbocycles. The molecule has 1 amide bonds. The molecule has 1 aromatic heterocycles. The Kier molecular flexibility index (Phi) is 4.59. The van der Waals surface area contributed by atoms with Crippen LogP contribution >= 0.6 is 0 Å². The molecule has 5 nitrogen and oxygen atoms in total. The molecule has 1 fully saturated rings. The zero-order valence-corrected chi connectivity index (χ0v) is 15.1. The van der Waals surface area contributed by atoms with Crippen LogP contribution in [-0.2, 0) is 0 Å². The maximum absolute atomic E-state index is 12.9. The van der Waals surface area contributed by atoms with Crippen LogP contribution in [0.15, 0.2) is 71.5 Å². The third kappa shape index (κ3) is 3.67. The lowest BCUT2D eigenvalue weighted by atomic mass is 10.0. The highest BCUT2D eigenvalue weighted by atomic mass is 16.2. The molecule has 1 heterocycles. The fraction of sp³-hybridized carbons (Fsp3) is 0.227. The molecule has 27 heavy (non-hydrogen) atoms. The molecule has 5 heteroatoms. The Labute approximate surface area is 157 Å². The van der Waals surface area contributed by atoms with Crippen LogP contribution in [0.1, 0.15) is 40.6 Å². The summed E-state index contributed by atoms with van der Waals surface area (Å²) < 4.78 is 1.63. The van der Waals surface area contributed by atoms with E-state index in [1.54, 1.807) is 11.6 Å². The number of rotatable bonds is 5. The lowest BCUT2D eigenvalue weighted by Gasteiger charge is -2.19. The fourth-order valence-corrected chi connectivity index (χ4v) is 3.31. The minimum atomic E-state index is -0.426. The first-order chi connectivity index (χ1) is 13.1. The van der Waals surface area contributed by atoms with E-state index >= 15 is 0 Å². The molecule has 0 unspecified atom stereocenters. The molecule has 3 aromatic rings. The summed E-state index contributed by atoms with van der Waals surface area (Å²) in [5.74, 6) is -0.0106. The third-order valence-electron chi connectivity index (χ3n) is 4.86. The van der Waals surface area contributed by atoms with Gasteiger partial charge < -0.3 is 5.32 Å². The molecular formula is C22H21N3O2. The van der Waals surface area contributed by atoms with Crippen molar-refractivity contribution in [3.8, 4) is 5.69 Å². The van der Waals surface area contributed by atoms with Crippen molar-refractivity contribution < 1.29 is 4.79 Å².